The van der Waals surface area contributed by atoms with Gasteiger partial charge in [-0.05, 0) is 36.6 Å². The number of guanidine groups is 1. The fourth-order valence-corrected chi connectivity index (χ4v) is 2.35. The quantitative estimate of drug-likeness (QED) is 0.439. The highest BCUT2D eigenvalue weighted by Crippen LogP contribution is 2.08. The van der Waals surface area contributed by atoms with Gasteiger partial charge in [-0.3, -0.25) is 9.98 Å². The number of pyridine rings is 1. The summed E-state index contributed by atoms with van der Waals surface area (Å²) in [7, 11) is 1.78. The van der Waals surface area contributed by atoms with Gasteiger partial charge in [0.15, 0.2) is 5.96 Å². The van der Waals surface area contributed by atoms with Crippen molar-refractivity contribution in [2.75, 3.05) is 7.05 Å². The van der Waals surface area contributed by atoms with Crippen LogP contribution in [0.4, 0.5) is 0 Å². The molecule has 0 saturated heterocycles. The molecule has 0 fully saturated rings. The van der Waals surface area contributed by atoms with E-state index in [0.29, 0.717) is 6.54 Å². The lowest BCUT2D eigenvalue weighted by atomic mass is 10.1. The second kappa shape index (κ2) is 10.2. The standard InChI is InChI=1S/C18H24N4.HI/c1-4-15-9-5-6-10-16(15)12-20-18(19-3)21-13-17-11-7-8-14(2)22-17;/h5-11H,4,12-13H2,1-3H3,(H2,19,20,21);1H. The number of benzene rings is 1. The van der Waals surface area contributed by atoms with Gasteiger partial charge < -0.3 is 10.6 Å². The van der Waals surface area contributed by atoms with Gasteiger partial charge in [0.2, 0.25) is 0 Å². The van der Waals surface area contributed by atoms with E-state index in [9.17, 15) is 0 Å². The molecule has 0 amide bonds. The topological polar surface area (TPSA) is 49.3 Å². The second-order valence-electron chi connectivity index (χ2n) is 5.17. The van der Waals surface area contributed by atoms with Gasteiger partial charge in [-0.15, -0.1) is 24.0 Å². The van der Waals surface area contributed by atoms with Crippen LogP contribution in [0.2, 0.25) is 0 Å². The van der Waals surface area contributed by atoms with Crippen LogP contribution >= 0.6 is 24.0 Å². The first kappa shape index (κ1) is 19.4. The van der Waals surface area contributed by atoms with E-state index in [1.165, 1.54) is 11.1 Å². The number of nitrogens with one attached hydrogen (secondary N) is 2. The molecule has 0 unspecified atom stereocenters. The first-order valence-electron chi connectivity index (χ1n) is 7.66. The Balaban J connectivity index is 0.00000264. The van der Waals surface area contributed by atoms with Gasteiger partial charge >= 0.3 is 0 Å². The van der Waals surface area contributed by atoms with Crippen LogP contribution in [0.5, 0.6) is 0 Å². The molecule has 0 aliphatic rings. The highest BCUT2D eigenvalue weighted by Gasteiger charge is 2.02. The molecule has 0 spiro atoms. The number of hydrogen-bond acceptors (Lipinski definition) is 2. The van der Waals surface area contributed by atoms with Crippen LogP contribution < -0.4 is 10.6 Å². The van der Waals surface area contributed by atoms with Crippen molar-refractivity contribution in [2.24, 2.45) is 4.99 Å². The van der Waals surface area contributed by atoms with E-state index in [4.69, 9.17) is 0 Å². The summed E-state index contributed by atoms with van der Waals surface area (Å²) in [5.41, 5.74) is 4.71. The first-order valence-corrected chi connectivity index (χ1v) is 7.66. The molecule has 4 nitrogen and oxygen atoms in total. The minimum atomic E-state index is 0. The molecule has 0 bridgehead atoms. The Morgan fingerprint density at radius 2 is 1.70 bits per heavy atom. The number of nitrogens with zero attached hydrogens (tertiary/aromatic N) is 2. The molecule has 1 aromatic carbocycles. The largest absolute Gasteiger partial charge is 0.352 e. The molecule has 23 heavy (non-hydrogen) atoms. The first-order chi connectivity index (χ1) is 10.7. The summed E-state index contributed by atoms with van der Waals surface area (Å²) >= 11 is 0. The third-order valence-corrected chi connectivity index (χ3v) is 3.55. The van der Waals surface area contributed by atoms with E-state index >= 15 is 0 Å². The molecule has 0 radical (unpaired) electrons. The van der Waals surface area contributed by atoms with Gasteiger partial charge in [0.1, 0.15) is 0 Å². The molecule has 0 aliphatic carbocycles. The van der Waals surface area contributed by atoms with Gasteiger partial charge in [-0.25, -0.2) is 0 Å². The molecular weight excluding hydrogens is 399 g/mol. The minimum Gasteiger partial charge on any atom is -0.352 e. The van der Waals surface area contributed by atoms with Crippen molar-refractivity contribution in [3.05, 3.63) is 65.0 Å². The van der Waals surface area contributed by atoms with Crippen molar-refractivity contribution in [3.63, 3.8) is 0 Å². The molecule has 1 heterocycles. The van der Waals surface area contributed by atoms with Crippen LogP contribution in [-0.2, 0) is 19.5 Å². The van der Waals surface area contributed by atoms with E-state index in [0.717, 1.165) is 30.3 Å². The number of halogens is 1. The van der Waals surface area contributed by atoms with E-state index < -0.39 is 0 Å². The molecule has 0 aliphatic heterocycles. The smallest absolute Gasteiger partial charge is 0.191 e. The van der Waals surface area contributed by atoms with Crippen LogP contribution in [0.3, 0.4) is 0 Å². The molecule has 0 atom stereocenters. The SMILES string of the molecule is CCc1ccccc1CNC(=NC)NCc1cccc(C)n1.I. The summed E-state index contributed by atoms with van der Waals surface area (Å²) in [6.07, 6.45) is 1.04. The van der Waals surface area contributed by atoms with Crippen LogP contribution in [0.1, 0.15) is 29.4 Å². The summed E-state index contributed by atoms with van der Waals surface area (Å²) in [6.45, 7) is 5.61. The predicted octanol–water partition coefficient (Wildman–Crippen LogP) is 3.44. The number of rotatable bonds is 5. The Kier molecular flexibility index (Phi) is 8.61. The van der Waals surface area contributed by atoms with E-state index in [1.54, 1.807) is 7.05 Å². The highest BCUT2D eigenvalue weighted by molar-refractivity contribution is 14.0. The summed E-state index contributed by atoms with van der Waals surface area (Å²) in [5, 5.41) is 6.65. The summed E-state index contributed by atoms with van der Waals surface area (Å²) < 4.78 is 0. The average molecular weight is 424 g/mol. The van der Waals surface area contributed by atoms with Crippen molar-refractivity contribution in [1.82, 2.24) is 15.6 Å². The average Bonchev–Trinajstić information content (AvgIpc) is 2.55. The van der Waals surface area contributed by atoms with Gasteiger partial charge in [-0.2, -0.15) is 0 Å². The molecule has 2 rings (SSSR count). The summed E-state index contributed by atoms with van der Waals surface area (Å²) in [6, 6.07) is 14.5. The normalized spacial score (nSPS) is 10.8. The molecule has 124 valence electrons. The zero-order chi connectivity index (χ0) is 15.8. The predicted molar refractivity (Wildman–Crippen MR) is 107 cm³/mol. The van der Waals surface area contributed by atoms with Crippen molar-refractivity contribution in [3.8, 4) is 0 Å². The Labute approximate surface area is 155 Å². The van der Waals surface area contributed by atoms with Crippen molar-refractivity contribution < 1.29 is 0 Å². The van der Waals surface area contributed by atoms with Crippen LogP contribution in [0.25, 0.3) is 0 Å². The maximum atomic E-state index is 4.48. The van der Waals surface area contributed by atoms with Crippen LogP contribution in [0.15, 0.2) is 47.5 Å². The monoisotopic (exact) mass is 424 g/mol. The van der Waals surface area contributed by atoms with Gasteiger partial charge in [0.05, 0.1) is 12.2 Å². The second-order valence-corrected chi connectivity index (χ2v) is 5.17. The lowest BCUT2D eigenvalue weighted by Crippen LogP contribution is -2.36. The molecule has 5 heteroatoms. The molecule has 2 N–H and O–H groups in total. The maximum Gasteiger partial charge on any atom is 0.191 e. The molecular formula is C18H25IN4. The van der Waals surface area contributed by atoms with Gasteiger partial charge in [0.25, 0.3) is 0 Å². The van der Waals surface area contributed by atoms with E-state index in [2.05, 4.69) is 51.8 Å². The van der Waals surface area contributed by atoms with E-state index in [-0.39, 0.29) is 24.0 Å². The van der Waals surface area contributed by atoms with Crippen molar-refractivity contribution in [2.45, 2.75) is 33.4 Å². The number of aliphatic imine (C=N–C) groups is 1. The summed E-state index contributed by atoms with van der Waals surface area (Å²) in [4.78, 5) is 8.74. The maximum absolute atomic E-state index is 4.48. The Morgan fingerprint density at radius 3 is 2.35 bits per heavy atom. The summed E-state index contributed by atoms with van der Waals surface area (Å²) in [5.74, 6) is 0.786. The van der Waals surface area contributed by atoms with Crippen LogP contribution in [-0.4, -0.2) is 18.0 Å². The Bertz CT molecular complexity index is 640. The number of hydrogen-bond donors (Lipinski definition) is 2. The Morgan fingerprint density at radius 1 is 1.00 bits per heavy atom. The third kappa shape index (κ3) is 6.17. The van der Waals surface area contributed by atoms with Gasteiger partial charge in [0, 0.05) is 19.3 Å². The minimum absolute atomic E-state index is 0. The van der Waals surface area contributed by atoms with Gasteiger partial charge in [-0.1, -0.05) is 37.3 Å². The Hall–Kier alpha value is -1.63. The van der Waals surface area contributed by atoms with E-state index in [1.807, 2.05) is 25.1 Å². The zero-order valence-corrected chi connectivity index (χ0v) is 16.3. The highest BCUT2D eigenvalue weighted by atomic mass is 127. The number of aromatic nitrogens is 1. The fourth-order valence-electron chi connectivity index (χ4n) is 2.35. The van der Waals surface area contributed by atoms with Crippen molar-refractivity contribution >= 4 is 29.9 Å². The fraction of sp³-hybridized carbons (Fsp3) is 0.333. The number of aryl methyl sites for hydroxylation is 2. The molecule has 2 aromatic rings. The third-order valence-electron chi connectivity index (χ3n) is 3.55. The lowest BCUT2D eigenvalue weighted by molar-refractivity contribution is 0.787. The molecule has 0 saturated carbocycles. The van der Waals surface area contributed by atoms with Crippen molar-refractivity contribution in [1.29, 1.82) is 0 Å². The molecule has 1 aromatic heterocycles. The zero-order valence-electron chi connectivity index (χ0n) is 14.0. The lowest BCUT2D eigenvalue weighted by Gasteiger charge is -2.13. The van der Waals surface area contributed by atoms with Crippen LogP contribution in [0, 0.1) is 6.92 Å².